The molecule has 0 aliphatic heterocycles. The normalized spacial score (nSPS) is 11.5. The van der Waals surface area contributed by atoms with E-state index in [0.717, 1.165) is 0 Å². The standard InChI is InChI=1S/C38H71N/c1-4-7-9-11-13-15-17-19-21-23-25-27-29-32-37-34-36(31-6-3)35-38(39-37)33-30-28-26-24-22-20-18-16-14-12-10-8-5-2/h34-35H,4-33H2,1-3H3. The number of aromatic nitrogens is 1. The van der Waals surface area contributed by atoms with E-state index in [0.29, 0.717) is 0 Å². The predicted octanol–water partition coefficient (Wildman–Crippen LogP) is 13.3. The number of rotatable bonds is 30. The van der Waals surface area contributed by atoms with E-state index >= 15 is 0 Å². The van der Waals surface area contributed by atoms with E-state index < -0.39 is 0 Å². The Morgan fingerprint density at radius 1 is 0.333 bits per heavy atom. The van der Waals surface area contributed by atoms with Crippen LogP contribution in [0, 0.1) is 0 Å². The van der Waals surface area contributed by atoms with Gasteiger partial charge in [-0.15, -0.1) is 0 Å². The molecule has 1 heterocycles. The highest BCUT2D eigenvalue weighted by Gasteiger charge is 2.04. The third kappa shape index (κ3) is 23.5. The Labute approximate surface area is 247 Å². The second kappa shape index (κ2) is 28.7. The second-order valence-electron chi connectivity index (χ2n) is 12.7. The molecule has 0 bridgehead atoms. The summed E-state index contributed by atoms with van der Waals surface area (Å²) in [6.45, 7) is 6.91. The first-order chi connectivity index (χ1) is 19.3. The second-order valence-corrected chi connectivity index (χ2v) is 12.7. The highest BCUT2D eigenvalue weighted by atomic mass is 14.7. The zero-order valence-corrected chi connectivity index (χ0v) is 27.3. The van der Waals surface area contributed by atoms with Crippen molar-refractivity contribution < 1.29 is 0 Å². The number of aryl methyl sites for hydroxylation is 3. The van der Waals surface area contributed by atoms with E-state index in [1.807, 2.05) is 0 Å². The third-order valence-electron chi connectivity index (χ3n) is 8.60. The van der Waals surface area contributed by atoms with Gasteiger partial charge in [0.25, 0.3) is 0 Å². The van der Waals surface area contributed by atoms with Gasteiger partial charge in [0.2, 0.25) is 0 Å². The fourth-order valence-electron chi connectivity index (χ4n) is 6.06. The Hall–Kier alpha value is -0.850. The third-order valence-corrected chi connectivity index (χ3v) is 8.60. The van der Waals surface area contributed by atoms with E-state index in [2.05, 4.69) is 32.9 Å². The average molecular weight is 542 g/mol. The van der Waals surface area contributed by atoms with Crippen LogP contribution in [0.15, 0.2) is 12.1 Å². The summed E-state index contributed by atoms with van der Waals surface area (Å²) in [5.74, 6) is 0. The van der Waals surface area contributed by atoms with Crippen molar-refractivity contribution in [2.75, 3.05) is 0 Å². The van der Waals surface area contributed by atoms with Crippen molar-refractivity contribution in [3.05, 3.63) is 29.1 Å². The predicted molar refractivity (Wildman–Crippen MR) is 177 cm³/mol. The molecule has 0 saturated carbocycles. The minimum Gasteiger partial charge on any atom is -0.258 e. The maximum Gasteiger partial charge on any atom is 0.0409 e. The lowest BCUT2D eigenvalue weighted by Crippen LogP contribution is -2.00. The molecule has 0 N–H and O–H groups in total. The maximum atomic E-state index is 5.10. The summed E-state index contributed by atoms with van der Waals surface area (Å²) < 4.78 is 0. The smallest absolute Gasteiger partial charge is 0.0409 e. The van der Waals surface area contributed by atoms with Crippen molar-refractivity contribution in [3.8, 4) is 0 Å². The van der Waals surface area contributed by atoms with Crippen molar-refractivity contribution in [1.29, 1.82) is 0 Å². The zero-order valence-electron chi connectivity index (χ0n) is 27.3. The Bertz CT molecular complexity index is 573. The summed E-state index contributed by atoms with van der Waals surface area (Å²) in [6, 6.07) is 4.83. The van der Waals surface area contributed by atoms with Crippen LogP contribution < -0.4 is 0 Å². The van der Waals surface area contributed by atoms with Crippen LogP contribution >= 0.6 is 0 Å². The molecule has 228 valence electrons. The van der Waals surface area contributed by atoms with Crippen molar-refractivity contribution in [2.45, 2.75) is 213 Å². The van der Waals surface area contributed by atoms with E-state index in [1.54, 1.807) is 0 Å². The molecule has 0 amide bonds. The molecule has 1 nitrogen and oxygen atoms in total. The fraction of sp³-hybridized carbons (Fsp3) is 0.868. The number of pyridine rings is 1. The van der Waals surface area contributed by atoms with E-state index in [4.69, 9.17) is 4.98 Å². The van der Waals surface area contributed by atoms with Crippen LogP contribution in [0.25, 0.3) is 0 Å². The lowest BCUT2D eigenvalue weighted by molar-refractivity contribution is 0.537. The molecule has 0 aliphatic carbocycles. The van der Waals surface area contributed by atoms with Gasteiger partial charge in [-0.25, -0.2) is 0 Å². The lowest BCUT2D eigenvalue weighted by atomic mass is 10.0. The number of nitrogens with zero attached hydrogens (tertiary/aromatic N) is 1. The molecule has 0 aliphatic rings. The highest BCUT2D eigenvalue weighted by molar-refractivity contribution is 5.22. The summed E-state index contributed by atoms with van der Waals surface area (Å²) in [4.78, 5) is 5.10. The van der Waals surface area contributed by atoms with Gasteiger partial charge in [0.15, 0.2) is 0 Å². The van der Waals surface area contributed by atoms with Crippen LogP contribution in [-0.2, 0) is 19.3 Å². The minimum atomic E-state index is 1.18. The summed E-state index contributed by atoms with van der Waals surface area (Å²) in [7, 11) is 0. The minimum absolute atomic E-state index is 1.18. The van der Waals surface area contributed by atoms with Crippen LogP contribution in [0.4, 0.5) is 0 Å². The number of hydrogen-bond acceptors (Lipinski definition) is 1. The van der Waals surface area contributed by atoms with Crippen molar-refractivity contribution >= 4 is 0 Å². The quantitative estimate of drug-likeness (QED) is 0.0882. The Kier molecular flexibility index (Phi) is 26.6. The van der Waals surface area contributed by atoms with Gasteiger partial charge in [0, 0.05) is 11.4 Å². The van der Waals surface area contributed by atoms with Gasteiger partial charge in [-0.2, -0.15) is 0 Å². The molecule has 0 fully saturated rings. The Morgan fingerprint density at radius 3 is 0.897 bits per heavy atom. The molecule has 0 aromatic carbocycles. The van der Waals surface area contributed by atoms with Crippen LogP contribution in [0.1, 0.15) is 211 Å². The first-order valence-electron chi connectivity index (χ1n) is 18.3. The summed E-state index contributed by atoms with van der Waals surface area (Å²) in [6.07, 6.45) is 41.9. The number of hydrogen-bond donors (Lipinski definition) is 0. The molecule has 1 aromatic heterocycles. The molecule has 0 radical (unpaired) electrons. The summed E-state index contributed by atoms with van der Waals surface area (Å²) in [5, 5.41) is 0. The molecule has 1 heteroatoms. The Balaban J connectivity index is 2.09. The van der Waals surface area contributed by atoms with Gasteiger partial charge < -0.3 is 0 Å². The maximum absolute atomic E-state index is 5.10. The van der Waals surface area contributed by atoms with Crippen LogP contribution in [-0.4, -0.2) is 4.98 Å². The lowest BCUT2D eigenvalue weighted by Gasteiger charge is -2.09. The molecule has 1 rings (SSSR count). The van der Waals surface area contributed by atoms with Crippen LogP contribution in [0.3, 0.4) is 0 Å². The molecule has 0 saturated heterocycles. The van der Waals surface area contributed by atoms with Gasteiger partial charge in [-0.3, -0.25) is 4.98 Å². The fourth-order valence-corrected chi connectivity index (χ4v) is 6.06. The highest BCUT2D eigenvalue weighted by Crippen LogP contribution is 2.17. The number of unbranched alkanes of at least 4 members (excludes halogenated alkanes) is 24. The molecular formula is C38H71N. The Morgan fingerprint density at radius 2 is 0.615 bits per heavy atom. The molecule has 39 heavy (non-hydrogen) atoms. The van der Waals surface area contributed by atoms with Crippen molar-refractivity contribution in [2.24, 2.45) is 0 Å². The molecule has 0 atom stereocenters. The first kappa shape index (κ1) is 36.2. The molecular weight excluding hydrogens is 470 g/mol. The van der Waals surface area contributed by atoms with E-state index in [9.17, 15) is 0 Å². The zero-order chi connectivity index (χ0) is 28.1. The monoisotopic (exact) mass is 542 g/mol. The topological polar surface area (TPSA) is 12.9 Å². The molecule has 0 unspecified atom stereocenters. The van der Waals surface area contributed by atoms with E-state index in [1.165, 1.54) is 210 Å². The van der Waals surface area contributed by atoms with Crippen LogP contribution in [0.5, 0.6) is 0 Å². The molecule has 1 aromatic rings. The molecule has 0 spiro atoms. The first-order valence-corrected chi connectivity index (χ1v) is 18.3. The van der Waals surface area contributed by atoms with E-state index in [-0.39, 0.29) is 0 Å². The SMILES string of the molecule is CCCCCCCCCCCCCCCc1cc(CCC)cc(CCCCCCCCCCCCCCC)n1. The van der Waals surface area contributed by atoms with Gasteiger partial charge in [-0.05, 0) is 49.8 Å². The summed E-state index contributed by atoms with van der Waals surface area (Å²) in [5.41, 5.74) is 4.27. The largest absolute Gasteiger partial charge is 0.258 e. The summed E-state index contributed by atoms with van der Waals surface area (Å²) >= 11 is 0. The van der Waals surface area contributed by atoms with Gasteiger partial charge in [-0.1, -0.05) is 181 Å². The van der Waals surface area contributed by atoms with Crippen LogP contribution in [0.2, 0.25) is 0 Å². The van der Waals surface area contributed by atoms with Gasteiger partial charge in [0.05, 0.1) is 0 Å². The van der Waals surface area contributed by atoms with Crippen molar-refractivity contribution in [1.82, 2.24) is 4.98 Å². The van der Waals surface area contributed by atoms with Crippen molar-refractivity contribution in [3.63, 3.8) is 0 Å². The van der Waals surface area contributed by atoms with Gasteiger partial charge in [0.1, 0.15) is 0 Å². The van der Waals surface area contributed by atoms with Gasteiger partial charge >= 0.3 is 0 Å². The average Bonchev–Trinajstić information content (AvgIpc) is 2.94.